The van der Waals surface area contributed by atoms with Crippen LogP contribution in [0.5, 0.6) is 0 Å². The Morgan fingerprint density at radius 2 is 1.67 bits per heavy atom. The minimum absolute atomic E-state index is 0.117. The maximum absolute atomic E-state index is 13.4. The zero-order valence-corrected chi connectivity index (χ0v) is 14.2. The zero-order valence-electron chi connectivity index (χ0n) is 14.2. The van der Waals surface area contributed by atoms with Gasteiger partial charge in [-0.15, -0.1) is 0 Å². The van der Waals surface area contributed by atoms with Crippen LogP contribution in [-0.4, -0.2) is 16.9 Å². The molecule has 0 saturated carbocycles. The third-order valence-electron chi connectivity index (χ3n) is 3.58. The molecule has 27 heavy (non-hydrogen) atoms. The Labute approximate surface area is 154 Å². The Morgan fingerprint density at radius 3 is 2.37 bits per heavy atom. The summed E-state index contributed by atoms with van der Waals surface area (Å²) in [5.41, 5.74) is 1.44. The minimum atomic E-state index is -0.535. The van der Waals surface area contributed by atoms with Gasteiger partial charge in [0.1, 0.15) is 11.6 Å². The van der Waals surface area contributed by atoms with Crippen LogP contribution in [0.4, 0.5) is 14.5 Å². The molecule has 2 N–H and O–H groups in total. The average molecular weight is 366 g/mol. The van der Waals surface area contributed by atoms with Gasteiger partial charge < -0.3 is 5.32 Å². The predicted molar refractivity (Wildman–Crippen MR) is 99.3 cm³/mol. The molecule has 5 nitrogen and oxygen atoms in total. The van der Waals surface area contributed by atoms with E-state index in [9.17, 15) is 13.6 Å². The standard InChI is InChI=1S/C20H16F2N4O/c21-16-4-1-3-15(11-16)19(27)26-20(24-13-14-7-9-23-10-8-14)25-18-6-2-5-17(22)12-18/h1-12H,13H2,(H2,24,25,26,27). The highest BCUT2D eigenvalue weighted by atomic mass is 19.1. The van der Waals surface area contributed by atoms with Gasteiger partial charge in [0.05, 0.1) is 6.54 Å². The molecule has 0 unspecified atom stereocenters. The Morgan fingerprint density at radius 1 is 0.963 bits per heavy atom. The summed E-state index contributed by atoms with van der Waals surface area (Å²) in [5.74, 6) is -1.36. The molecule has 1 heterocycles. The Bertz CT molecular complexity index is 961. The van der Waals surface area contributed by atoms with E-state index in [1.54, 1.807) is 30.6 Å². The van der Waals surface area contributed by atoms with Crippen molar-refractivity contribution >= 4 is 17.6 Å². The number of carbonyl (C=O) groups is 1. The molecule has 3 aromatic rings. The van der Waals surface area contributed by atoms with E-state index in [2.05, 4.69) is 20.6 Å². The molecule has 0 atom stereocenters. The van der Waals surface area contributed by atoms with Gasteiger partial charge in [0.2, 0.25) is 5.96 Å². The van der Waals surface area contributed by atoms with E-state index < -0.39 is 17.5 Å². The molecule has 0 saturated heterocycles. The van der Waals surface area contributed by atoms with Crippen LogP contribution in [-0.2, 0) is 6.54 Å². The van der Waals surface area contributed by atoms with Crippen molar-refractivity contribution in [1.82, 2.24) is 10.3 Å². The van der Waals surface area contributed by atoms with E-state index in [0.29, 0.717) is 5.69 Å². The summed E-state index contributed by atoms with van der Waals surface area (Å²) in [6, 6.07) is 14.6. The number of nitrogens with zero attached hydrogens (tertiary/aromatic N) is 2. The Kier molecular flexibility index (Phi) is 5.84. The first kappa shape index (κ1) is 18.2. The predicted octanol–water partition coefficient (Wildman–Crippen LogP) is 3.76. The average Bonchev–Trinajstić information content (AvgIpc) is 2.67. The van der Waals surface area contributed by atoms with Gasteiger partial charge in [-0.3, -0.25) is 15.1 Å². The second-order valence-corrected chi connectivity index (χ2v) is 5.62. The van der Waals surface area contributed by atoms with Gasteiger partial charge >= 0.3 is 0 Å². The van der Waals surface area contributed by atoms with Gasteiger partial charge in [-0.05, 0) is 54.1 Å². The summed E-state index contributed by atoms with van der Waals surface area (Å²) in [7, 11) is 0. The molecule has 0 fully saturated rings. The van der Waals surface area contributed by atoms with E-state index in [-0.39, 0.29) is 18.1 Å². The molecule has 136 valence electrons. The van der Waals surface area contributed by atoms with Crippen LogP contribution < -0.4 is 10.6 Å². The van der Waals surface area contributed by atoms with Crippen molar-refractivity contribution in [1.29, 1.82) is 0 Å². The third kappa shape index (κ3) is 5.43. The fraction of sp³-hybridized carbons (Fsp3) is 0.0500. The summed E-state index contributed by atoms with van der Waals surface area (Å²) in [6.45, 7) is 0.267. The molecule has 0 bridgehead atoms. The molecule has 2 aromatic carbocycles. The highest BCUT2D eigenvalue weighted by Crippen LogP contribution is 2.10. The number of aromatic nitrogens is 1. The highest BCUT2D eigenvalue weighted by Gasteiger charge is 2.10. The van der Waals surface area contributed by atoms with E-state index in [4.69, 9.17) is 0 Å². The van der Waals surface area contributed by atoms with Crippen LogP contribution in [0, 0.1) is 11.6 Å². The van der Waals surface area contributed by atoms with E-state index in [1.807, 2.05) is 0 Å². The lowest BCUT2D eigenvalue weighted by Crippen LogP contribution is -2.36. The summed E-state index contributed by atoms with van der Waals surface area (Å²) >= 11 is 0. The van der Waals surface area contributed by atoms with E-state index >= 15 is 0 Å². The number of pyridine rings is 1. The molecule has 1 amide bonds. The molecule has 0 aliphatic rings. The molecule has 0 aliphatic carbocycles. The SMILES string of the molecule is O=C(NC(=NCc1ccncc1)Nc1cccc(F)c1)c1cccc(F)c1. The lowest BCUT2D eigenvalue weighted by Gasteiger charge is -2.12. The van der Waals surface area contributed by atoms with Crippen molar-refractivity contribution in [3.63, 3.8) is 0 Å². The lowest BCUT2D eigenvalue weighted by atomic mass is 10.2. The van der Waals surface area contributed by atoms with Crippen LogP contribution in [0.1, 0.15) is 15.9 Å². The third-order valence-corrected chi connectivity index (χ3v) is 3.58. The number of anilines is 1. The van der Waals surface area contributed by atoms with Crippen molar-refractivity contribution in [3.05, 3.63) is 95.8 Å². The van der Waals surface area contributed by atoms with Crippen LogP contribution >= 0.6 is 0 Å². The molecule has 0 spiro atoms. The van der Waals surface area contributed by atoms with Gasteiger partial charge in [-0.2, -0.15) is 0 Å². The molecular formula is C20H16F2N4O. The number of nitrogens with one attached hydrogen (secondary N) is 2. The fourth-order valence-corrected chi connectivity index (χ4v) is 2.28. The maximum Gasteiger partial charge on any atom is 0.258 e. The summed E-state index contributed by atoms with van der Waals surface area (Å²) < 4.78 is 26.8. The quantitative estimate of drug-likeness (QED) is 0.546. The lowest BCUT2D eigenvalue weighted by molar-refractivity contribution is 0.0976. The van der Waals surface area contributed by atoms with Crippen molar-refractivity contribution in [2.24, 2.45) is 4.99 Å². The number of benzene rings is 2. The number of guanidine groups is 1. The monoisotopic (exact) mass is 366 g/mol. The minimum Gasteiger partial charge on any atom is -0.326 e. The molecule has 0 radical (unpaired) electrons. The second kappa shape index (κ2) is 8.66. The van der Waals surface area contributed by atoms with Crippen molar-refractivity contribution in [2.45, 2.75) is 6.54 Å². The van der Waals surface area contributed by atoms with Gasteiger partial charge in [-0.1, -0.05) is 12.1 Å². The summed E-state index contributed by atoms with van der Waals surface area (Å²) in [4.78, 5) is 20.7. The first-order valence-electron chi connectivity index (χ1n) is 8.13. The van der Waals surface area contributed by atoms with E-state index in [0.717, 1.165) is 11.6 Å². The molecule has 3 rings (SSSR count). The summed E-state index contributed by atoms with van der Waals surface area (Å²) in [5, 5.41) is 5.47. The number of halogens is 2. The maximum atomic E-state index is 13.4. The molecular weight excluding hydrogens is 350 g/mol. The molecule has 1 aromatic heterocycles. The number of hydrogen-bond donors (Lipinski definition) is 2. The van der Waals surface area contributed by atoms with Gasteiger partial charge in [0.25, 0.3) is 5.91 Å². The number of aliphatic imine (C=N–C) groups is 1. The van der Waals surface area contributed by atoms with Gasteiger partial charge in [0.15, 0.2) is 0 Å². The Balaban J connectivity index is 1.81. The van der Waals surface area contributed by atoms with E-state index in [1.165, 1.54) is 36.4 Å². The van der Waals surface area contributed by atoms with Crippen molar-refractivity contribution in [2.75, 3.05) is 5.32 Å². The molecule has 0 aliphatic heterocycles. The van der Waals surface area contributed by atoms with Crippen LogP contribution in [0.2, 0.25) is 0 Å². The van der Waals surface area contributed by atoms with Crippen LogP contribution in [0.15, 0.2) is 78.0 Å². The smallest absolute Gasteiger partial charge is 0.258 e. The Hall–Kier alpha value is -3.61. The largest absolute Gasteiger partial charge is 0.326 e. The van der Waals surface area contributed by atoms with Crippen LogP contribution in [0.3, 0.4) is 0 Å². The summed E-state index contributed by atoms with van der Waals surface area (Å²) in [6.07, 6.45) is 3.27. The first-order valence-corrected chi connectivity index (χ1v) is 8.13. The zero-order chi connectivity index (χ0) is 19.1. The fourth-order valence-electron chi connectivity index (χ4n) is 2.28. The second-order valence-electron chi connectivity index (χ2n) is 5.62. The normalized spacial score (nSPS) is 11.1. The van der Waals surface area contributed by atoms with Gasteiger partial charge in [0, 0.05) is 23.6 Å². The number of amides is 1. The highest BCUT2D eigenvalue weighted by molar-refractivity contribution is 6.09. The first-order chi connectivity index (χ1) is 13.1. The number of hydrogen-bond acceptors (Lipinski definition) is 3. The number of rotatable bonds is 4. The topological polar surface area (TPSA) is 66.4 Å². The van der Waals surface area contributed by atoms with Gasteiger partial charge in [-0.25, -0.2) is 13.8 Å². The van der Waals surface area contributed by atoms with Crippen LogP contribution in [0.25, 0.3) is 0 Å². The molecule has 7 heteroatoms. The van der Waals surface area contributed by atoms with Crippen molar-refractivity contribution in [3.8, 4) is 0 Å². The van der Waals surface area contributed by atoms with Crippen molar-refractivity contribution < 1.29 is 13.6 Å². The number of carbonyl (C=O) groups excluding carboxylic acids is 1.